The number of aromatic nitrogens is 5. The molecule has 5 aliphatic rings. The topological polar surface area (TPSA) is 170 Å². The number of fused-ring (bicyclic) bond motifs is 5. The first-order valence-corrected chi connectivity index (χ1v) is 29.1. The van der Waals surface area contributed by atoms with Gasteiger partial charge in [0.05, 0.1) is 44.3 Å². The highest BCUT2D eigenvalue weighted by molar-refractivity contribution is 7.13. The van der Waals surface area contributed by atoms with Crippen LogP contribution in [0.3, 0.4) is 0 Å². The highest BCUT2D eigenvalue weighted by Gasteiger charge is 2.50. The van der Waals surface area contributed by atoms with Crippen molar-refractivity contribution in [3.05, 3.63) is 101 Å². The van der Waals surface area contributed by atoms with Gasteiger partial charge in [0.1, 0.15) is 36.7 Å². The van der Waals surface area contributed by atoms with E-state index in [2.05, 4.69) is 74.6 Å². The molecule has 78 heavy (non-hydrogen) atoms. The highest BCUT2D eigenvalue weighted by atomic mass is 32.1. The van der Waals surface area contributed by atoms with Crippen LogP contribution in [0.25, 0.3) is 43.4 Å². The van der Waals surface area contributed by atoms with E-state index in [0.29, 0.717) is 43.8 Å². The number of nitrogens with zero attached hydrogens (tertiary/aromatic N) is 8. The fourth-order valence-corrected chi connectivity index (χ4v) is 14.2. The fourth-order valence-electron chi connectivity index (χ4n) is 13.4. The summed E-state index contributed by atoms with van der Waals surface area (Å²) in [5, 5.41) is 10.8. The molecule has 4 fully saturated rings. The van der Waals surface area contributed by atoms with Crippen molar-refractivity contribution in [2.75, 3.05) is 58.2 Å². The third-order valence-corrected chi connectivity index (χ3v) is 18.4. The van der Waals surface area contributed by atoms with Gasteiger partial charge in [-0.3, -0.25) is 19.5 Å². The number of carbonyl (C=O) groups excluding carboxylic acids is 2. The predicted octanol–water partition coefficient (Wildman–Crippen LogP) is 11.2. The van der Waals surface area contributed by atoms with E-state index < -0.39 is 12.0 Å². The third-order valence-electron chi connectivity index (χ3n) is 17.4. The quantitative estimate of drug-likeness (QED) is 0.0854. The Balaban J connectivity index is 0.733. The summed E-state index contributed by atoms with van der Waals surface area (Å²) in [5.74, 6) is 1.43. The van der Waals surface area contributed by atoms with Gasteiger partial charge in [-0.15, -0.1) is 11.3 Å². The van der Waals surface area contributed by atoms with E-state index >= 15 is 0 Å². The summed E-state index contributed by atoms with van der Waals surface area (Å²) in [6, 6.07) is 20.4. The molecule has 4 aliphatic heterocycles. The Kier molecular flexibility index (Phi) is 14.6. The summed E-state index contributed by atoms with van der Waals surface area (Å²) >= 11 is 1.62. The van der Waals surface area contributed by atoms with Crippen molar-refractivity contribution in [1.82, 2.24) is 40.2 Å². The number of aryl methyl sites for hydroxylation is 1. The Bertz CT molecular complexity index is 3340. The van der Waals surface area contributed by atoms with E-state index in [1.54, 1.807) is 29.4 Å². The lowest BCUT2D eigenvalue weighted by atomic mass is 9.79. The molecule has 1 aliphatic carbocycles. The van der Waals surface area contributed by atoms with Gasteiger partial charge in [0.2, 0.25) is 11.8 Å². The van der Waals surface area contributed by atoms with E-state index in [0.717, 1.165) is 131 Å². The largest absolute Gasteiger partial charge is 0.474 e. The average Bonchev–Trinajstić information content (AvgIpc) is 4.23. The van der Waals surface area contributed by atoms with Crippen LogP contribution in [0, 0.1) is 12.8 Å². The third kappa shape index (κ3) is 9.73. The van der Waals surface area contributed by atoms with Crippen molar-refractivity contribution in [3.8, 4) is 39.3 Å². The molecule has 4 aromatic heterocycles. The number of thiazole rings is 1. The van der Waals surface area contributed by atoms with Crippen molar-refractivity contribution in [2.24, 2.45) is 5.92 Å². The van der Waals surface area contributed by atoms with E-state index in [-0.39, 0.29) is 48.1 Å². The van der Waals surface area contributed by atoms with Crippen LogP contribution in [0.1, 0.15) is 138 Å². The molecule has 2 amide bonds. The fraction of sp³-hybridized carbons (Fsp3) is 0.492. The summed E-state index contributed by atoms with van der Waals surface area (Å²) in [7, 11) is 1.63. The number of amides is 2. The number of methoxy groups -OCH3 is 1. The average molecular weight is 1070 g/mol. The summed E-state index contributed by atoms with van der Waals surface area (Å²) in [4.78, 5) is 56.5. The molecule has 8 heterocycles. The van der Waals surface area contributed by atoms with Gasteiger partial charge in [-0.25, -0.2) is 4.98 Å². The van der Waals surface area contributed by atoms with Crippen LogP contribution in [0.2, 0.25) is 0 Å². The Morgan fingerprint density at radius 3 is 2.51 bits per heavy atom. The molecule has 408 valence electrons. The minimum absolute atomic E-state index is 0.0231. The minimum Gasteiger partial charge on any atom is -0.474 e. The molecular formula is C61H71N9O7S. The normalized spacial score (nSPS) is 21.9. The number of pyridine rings is 1. The number of rotatable bonds is 17. The smallest absolute Gasteiger partial charge is 0.319 e. The van der Waals surface area contributed by atoms with Crippen LogP contribution in [0.5, 0.6) is 17.6 Å². The van der Waals surface area contributed by atoms with Crippen molar-refractivity contribution in [3.63, 3.8) is 0 Å². The first-order valence-electron chi connectivity index (χ1n) is 28.2. The first-order chi connectivity index (χ1) is 38.0. The molecule has 0 bridgehead atoms. The molecule has 2 unspecified atom stereocenters. The summed E-state index contributed by atoms with van der Waals surface area (Å²) in [6.07, 6.45) is 11.9. The first kappa shape index (κ1) is 52.0. The monoisotopic (exact) mass is 1070 g/mol. The molecule has 6 atom stereocenters. The maximum absolute atomic E-state index is 14.5. The van der Waals surface area contributed by atoms with Gasteiger partial charge in [-0.2, -0.15) is 9.97 Å². The lowest BCUT2D eigenvalue weighted by Gasteiger charge is -2.34. The minimum atomic E-state index is -0.626. The summed E-state index contributed by atoms with van der Waals surface area (Å²) in [5.41, 5.74) is 9.89. The van der Waals surface area contributed by atoms with Crippen LogP contribution in [0.15, 0.2) is 76.9 Å². The van der Waals surface area contributed by atoms with Crippen molar-refractivity contribution < 1.29 is 33.1 Å². The second kappa shape index (κ2) is 21.9. The van der Waals surface area contributed by atoms with Gasteiger partial charge < -0.3 is 38.6 Å². The van der Waals surface area contributed by atoms with Crippen LogP contribution in [-0.4, -0.2) is 118 Å². The number of hydrogen-bond donors (Lipinski definition) is 1. The molecule has 1 N–H and O–H groups in total. The van der Waals surface area contributed by atoms with Gasteiger partial charge in [0.25, 0.3) is 5.88 Å². The van der Waals surface area contributed by atoms with Crippen molar-refractivity contribution >= 4 is 50.6 Å². The SMILES string of the molecule is COCOc1cc2c3c(cccc3c1)C(C)c1c-2ncc2c(N3CCCCCC3)nc(OC[C@@]34CCCN3[C@H](COc3cc(C(C(=O)N5CCC[C@H]5C(=O)N[C@@H](C)c5ccc(-c6scnc6C)cc5)C(C)C)on3)CC4)nc12. The lowest BCUT2D eigenvalue weighted by Crippen LogP contribution is -2.48. The molecule has 4 saturated heterocycles. The van der Waals surface area contributed by atoms with Crippen LogP contribution < -0.4 is 24.4 Å². The number of ether oxygens (including phenoxy) is 4. The lowest BCUT2D eigenvalue weighted by molar-refractivity contribution is -0.141. The molecule has 16 nitrogen and oxygen atoms in total. The molecule has 7 aromatic rings. The Morgan fingerprint density at radius 2 is 1.73 bits per heavy atom. The summed E-state index contributed by atoms with van der Waals surface area (Å²) in [6.45, 7) is 14.6. The van der Waals surface area contributed by atoms with E-state index in [4.69, 9.17) is 38.4 Å². The van der Waals surface area contributed by atoms with Crippen molar-refractivity contribution in [2.45, 2.75) is 134 Å². The summed E-state index contributed by atoms with van der Waals surface area (Å²) < 4.78 is 30.6. The van der Waals surface area contributed by atoms with Gasteiger partial charge in [-0.05, 0) is 122 Å². The maximum Gasteiger partial charge on any atom is 0.319 e. The molecule has 0 saturated carbocycles. The highest BCUT2D eigenvalue weighted by Crippen LogP contribution is 2.49. The number of anilines is 1. The Morgan fingerprint density at radius 1 is 0.897 bits per heavy atom. The molecular weight excluding hydrogens is 1000 g/mol. The molecule has 17 heteroatoms. The predicted molar refractivity (Wildman–Crippen MR) is 301 cm³/mol. The van der Waals surface area contributed by atoms with Gasteiger partial charge in [-0.1, -0.05) is 76.1 Å². The number of benzene rings is 3. The zero-order valence-electron chi connectivity index (χ0n) is 45.8. The number of carbonyl (C=O) groups is 2. The number of nitrogens with one attached hydrogen (secondary N) is 1. The molecule has 0 spiro atoms. The van der Waals surface area contributed by atoms with Crippen LogP contribution in [0.4, 0.5) is 5.82 Å². The van der Waals surface area contributed by atoms with Crippen LogP contribution >= 0.6 is 11.3 Å². The van der Waals surface area contributed by atoms with E-state index in [9.17, 15) is 9.59 Å². The maximum atomic E-state index is 14.5. The van der Waals surface area contributed by atoms with Gasteiger partial charge in [0.15, 0.2) is 12.6 Å². The second-order valence-corrected chi connectivity index (χ2v) is 23.5. The zero-order chi connectivity index (χ0) is 53.7. The molecule has 0 radical (unpaired) electrons. The number of likely N-dealkylation sites (tertiary alicyclic amines) is 1. The molecule has 3 aromatic carbocycles. The second-order valence-electron chi connectivity index (χ2n) is 22.6. The Labute approximate surface area is 460 Å². The standard InChI is InChI=1S/C61H71N9O7S/c1-36(2)51(59(72)69-26-12-16-48(69)58(71)64-38(4)40-17-19-41(20-18-40)56-39(5)63-34-78-56)49-30-50(67-77-49)74-32-43-21-23-61(22-13-27-70(43)61)33-75-60-65-55-47(57(66-60)68-24-9-7-8-10-25-68)31-62-54-46-29-44(76-35-73-6)28-42-14-11-15-45(53(42)46)37(3)52(54)55/h11,14-15,17-20,28-31,34,36-38,43,48,51H,7-10,12-13,16,21-27,32-33,35H2,1-6H3,(H,64,71)/t37?,38-,43-,48-,51?,61-/m0/s1. The van der Waals surface area contributed by atoms with E-state index in [1.165, 1.54) is 23.8 Å². The van der Waals surface area contributed by atoms with Crippen molar-refractivity contribution in [1.29, 1.82) is 0 Å². The molecule has 12 rings (SSSR count). The van der Waals surface area contributed by atoms with Gasteiger partial charge >= 0.3 is 6.01 Å². The van der Waals surface area contributed by atoms with Gasteiger partial charge in [0, 0.05) is 62.1 Å². The van der Waals surface area contributed by atoms with Crippen LogP contribution in [-0.2, 0) is 14.3 Å². The van der Waals surface area contributed by atoms with E-state index in [1.807, 2.05) is 51.5 Å². The Hall–Kier alpha value is -6.69. The number of hydrogen-bond acceptors (Lipinski definition) is 15. The zero-order valence-corrected chi connectivity index (χ0v) is 46.6.